The van der Waals surface area contributed by atoms with Gasteiger partial charge in [0.05, 0.1) is 23.7 Å². The number of nitrogens with zero attached hydrogens (tertiary/aromatic N) is 3. The summed E-state index contributed by atoms with van der Waals surface area (Å²) in [6.07, 6.45) is 7.30. The molecule has 1 amide bonds. The molecule has 1 aliphatic heterocycles. The maximum Gasteiger partial charge on any atom is 0.310 e. The summed E-state index contributed by atoms with van der Waals surface area (Å²) in [6.45, 7) is 2.31. The number of fused-ring (bicyclic) bond motifs is 1. The predicted octanol–water partition coefficient (Wildman–Crippen LogP) is 2.93. The number of aromatic nitrogens is 1. The van der Waals surface area contributed by atoms with Crippen LogP contribution < -0.4 is 0 Å². The van der Waals surface area contributed by atoms with Crippen LogP contribution in [0.5, 0.6) is 0 Å². The third kappa shape index (κ3) is 5.07. The van der Waals surface area contributed by atoms with E-state index in [1.807, 2.05) is 18.2 Å². The summed E-state index contributed by atoms with van der Waals surface area (Å²) in [5.74, 6) is -1.26. The largest absolute Gasteiger partial charge is 0.461 e. The van der Waals surface area contributed by atoms with Crippen LogP contribution >= 0.6 is 0 Å². The zero-order valence-electron chi connectivity index (χ0n) is 18.3. The summed E-state index contributed by atoms with van der Waals surface area (Å²) < 4.78 is 5.38. The number of rotatable bonds is 6. The van der Waals surface area contributed by atoms with E-state index in [9.17, 15) is 14.4 Å². The highest BCUT2D eigenvalue weighted by molar-refractivity contribution is 6.35. The molecule has 4 rings (SSSR count). The van der Waals surface area contributed by atoms with Crippen LogP contribution in [0.25, 0.3) is 5.57 Å². The number of allylic oxidation sites excluding steroid dienone is 2. The average Bonchev–Trinajstić information content (AvgIpc) is 3.25. The van der Waals surface area contributed by atoms with Crippen LogP contribution in [0.4, 0.5) is 0 Å². The molecule has 7 heteroatoms. The topological polar surface area (TPSA) is 100 Å². The fourth-order valence-corrected chi connectivity index (χ4v) is 4.07. The second-order valence-corrected chi connectivity index (χ2v) is 8.10. The molecule has 0 saturated carbocycles. The van der Waals surface area contributed by atoms with Crippen molar-refractivity contribution in [2.75, 3.05) is 13.1 Å². The molecule has 1 aliphatic carbocycles. The quantitative estimate of drug-likeness (QED) is 0.505. The molecular weight excluding hydrogens is 418 g/mol. The van der Waals surface area contributed by atoms with E-state index in [2.05, 4.69) is 17.1 Å². The van der Waals surface area contributed by atoms with Crippen molar-refractivity contribution in [3.63, 3.8) is 0 Å². The number of carbonyl (C=O) groups is 3. The number of Topliss-reactive ketones (excluding diaryl/α,β-unsaturated/α-hetero) is 1. The zero-order valence-corrected chi connectivity index (χ0v) is 18.3. The van der Waals surface area contributed by atoms with Crippen LogP contribution in [0.15, 0.2) is 54.3 Å². The van der Waals surface area contributed by atoms with Gasteiger partial charge in [-0.05, 0) is 46.9 Å². The van der Waals surface area contributed by atoms with Gasteiger partial charge in [0.15, 0.2) is 0 Å². The lowest BCUT2D eigenvalue weighted by atomic mass is 9.94. The minimum absolute atomic E-state index is 0.103. The average molecular weight is 441 g/mol. The fraction of sp³-hybridized carbons (Fsp3) is 0.269. The van der Waals surface area contributed by atoms with Gasteiger partial charge in [0.25, 0.3) is 5.91 Å². The first kappa shape index (κ1) is 22.2. The molecule has 0 radical (unpaired) electrons. The van der Waals surface area contributed by atoms with Gasteiger partial charge in [-0.25, -0.2) is 0 Å². The van der Waals surface area contributed by atoms with Crippen molar-refractivity contribution in [2.45, 2.75) is 32.8 Å². The maximum atomic E-state index is 12.4. The number of benzene rings is 1. The fourth-order valence-electron chi connectivity index (χ4n) is 4.07. The molecule has 0 N–H and O–H groups in total. The molecular formula is C26H23N3O4. The van der Waals surface area contributed by atoms with Crippen molar-refractivity contribution in [1.82, 2.24) is 9.88 Å². The zero-order chi connectivity index (χ0) is 23.4. The van der Waals surface area contributed by atoms with E-state index in [0.717, 1.165) is 40.0 Å². The van der Waals surface area contributed by atoms with Gasteiger partial charge >= 0.3 is 5.97 Å². The lowest BCUT2D eigenvalue weighted by molar-refractivity contribution is -0.144. The minimum Gasteiger partial charge on any atom is -0.461 e. The molecule has 0 fully saturated rings. The Bertz CT molecular complexity index is 1240. The number of ketones is 1. The van der Waals surface area contributed by atoms with Crippen molar-refractivity contribution in [3.8, 4) is 6.07 Å². The molecule has 0 spiro atoms. The lowest BCUT2D eigenvalue weighted by Crippen LogP contribution is -2.38. The molecule has 0 saturated heterocycles. The predicted molar refractivity (Wildman–Crippen MR) is 121 cm³/mol. The van der Waals surface area contributed by atoms with Gasteiger partial charge in [0, 0.05) is 38.2 Å². The smallest absolute Gasteiger partial charge is 0.310 e. The molecule has 33 heavy (non-hydrogen) atoms. The molecule has 0 bridgehead atoms. The van der Waals surface area contributed by atoms with Crippen LogP contribution in [0.3, 0.4) is 0 Å². The van der Waals surface area contributed by atoms with Gasteiger partial charge in [-0.2, -0.15) is 5.26 Å². The van der Waals surface area contributed by atoms with E-state index in [1.54, 1.807) is 29.3 Å². The first-order valence-corrected chi connectivity index (χ1v) is 10.8. The molecule has 166 valence electrons. The van der Waals surface area contributed by atoms with Crippen molar-refractivity contribution in [1.29, 1.82) is 5.26 Å². The Labute approximate surface area is 192 Å². The number of carbonyl (C=O) groups excluding carboxylic acids is 3. The summed E-state index contributed by atoms with van der Waals surface area (Å²) in [5, 5.41) is 8.98. The number of ether oxygens (including phenoxy) is 1. The summed E-state index contributed by atoms with van der Waals surface area (Å²) in [6, 6.07) is 11.0. The molecule has 0 atom stereocenters. The van der Waals surface area contributed by atoms with E-state index in [1.165, 1.54) is 6.92 Å². The van der Waals surface area contributed by atoms with Crippen LogP contribution in [0.1, 0.15) is 41.3 Å². The second kappa shape index (κ2) is 9.61. The third-order valence-corrected chi connectivity index (χ3v) is 5.76. The molecule has 7 nitrogen and oxygen atoms in total. The highest BCUT2D eigenvalue weighted by Crippen LogP contribution is 2.35. The van der Waals surface area contributed by atoms with E-state index in [4.69, 9.17) is 10.00 Å². The molecule has 2 aromatic rings. The Hall–Kier alpha value is -4.05. The molecule has 2 heterocycles. The summed E-state index contributed by atoms with van der Waals surface area (Å²) in [7, 11) is 0. The highest BCUT2D eigenvalue weighted by atomic mass is 16.5. The summed E-state index contributed by atoms with van der Waals surface area (Å²) in [4.78, 5) is 41.7. The van der Waals surface area contributed by atoms with Gasteiger partial charge in [0.1, 0.15) is 6.61 Å². The van der Waals surface area contributed by atoms with Crippen molar-refractivity contribution >= 4 is 23.2 Å². The van der Waals surface area contributed by atoms with Gasteiger partial charge in [0.2, 0.25) is 5.78 Å². The van der Waals surface area contributed by atoms with Crippen LogP contribution in [-0.2, 0) is 38.6 Å². The van der Waals surface area contributed by atoms with Crippen molar-refractivity contribution in [2.24, 2.45) is 0 Å². The number of amides is 1. The maximum absolute atomic E-state index is 12.4. The Kier molecular flexibility index (Phi) is 6.45. The first-order chi connectivity index (χ1) is 15.9. The summed E-state index contributed by atoms with van der Waals surface area (Å²) in [5.41, 5.74) is 6.22. The van der Waals surface area contributed by atoms with Crippen LogP contribution in [0, 0.1) is 11.3 Å². The van der Waals surface area contributed by atoms with E-state index < -0.39 is 11.7 Å². The SMILES string of the molecule is CC(=O)C(=O)N1CC=C(C2=CCc3ncc(CC(=O)OCc4cccc(C#N)c4)cc32)CC1. The highest BCUT2D eigenvalue weighted by Gasteiger charge is 2.25. The summed E-state index contributed by atoms with van der Waals surface area (Å²) >= 11 is 0. The van der Waals surface area contributed by atoms with E-state index >= 15 is 0 Å². The van der Waals surface area contributed by atoms with Gasteiger partial charge in [-0.3, -0.25) is 19.4 Å². The van der Waals surface area contributed by atoms with E-state index in [-0.39, 0.29) is 19.0 Å². The van der Waals surface area contributed by atoms with Gasteiger partial charge in [-0.1, -0.05) is 24.3 Å². The van der Waals surface area contributed by atoms with E-state index in [0.29, 0.717) is 25.1 Å². The Morgan fingerprint density at radius 2 is 2.03 bits per heavy atom. The number of hydrogen-bond acceptors (Lipinski definition) is 6. The van der Waals surface area contributed by atoms with Gasteiger partial charge in [-0.15, -0.1) is 0 Å². The van der Waals surface area contributed by atoms with Crippen LogP contribution in [0.2, 0.25) is 0 Å². The molecule has 2 aliphatic rings. The second-order valence-electron chi connectivity index (χ2n) is 8.10. The first-order valence-electron chi connectivity index (χ1n) is 10.8. The Morgan fingerprint density at radius 1 is 1.18 bits per heavy atom. The molecule has 1 aromatic carbocycles. The number of esters is 1. The molecule has 1 aromatic heterocycles. The van der Waals surface area contributed by atoms with Crippen LogP contribution in [-0.4, -0.2) is 40.6 Å². The number of nitriles is 1. The number of hydrogen-bond donors (Lipinski definition) is 0. The lowest BCUT2D eigenvalue weighted by Gasteiger charge is -2.26. The van der Waals surface area contributed by atoms with Crippen molar-refractivity contribution < 1.29 is 19.1 Å². The number of pyridine rings is 1. The minimum atomic E-state index is -0.451. The third-order valence-electron chi connectivity index (χ3n) is 5.76. The normalized spacial score (nSPS) is 14.6. The standard InChI is InChI=1S/C26H23N3O4/c1-17(30)26(32)29-9-7-21(8-10-29)22-5-6-24-23(22)12-20(15-28-24)13-25(31)33-16-19-4-2-3-18(11-19)14-27/h2-5,7,11-12,15H,6,8-10,13,16H2,1H3. The Balaban J connectivity index is 1.40. The van der Waals surface area contributed by atoms with Crippen molar-refractivity contribution in [3.05, 3.63) is 82.2 Å². The monoisotopic (exact) mass is 441 g/mol. The Morgan fingerprint density at radius 3 is 2.76 bits per heavy atom. The molecule has 0 unspecified atom stereocenters. The van der Waals surface area contributed by atoms with Gasteiger partial charge < -0.3 is 9.64 Å².